The molecular formula is C13H21N3O. The molecule has 1 heterocycles. The molecule has 0 aliphatic carbocycles. The SMILES string of the molecule is CCCn1ccn(CCCC(C)(C)C#N)c1=O. The number of imidazole rings is 1. The van der Waals surface area contributed by atoms with Gasteiger partial charge in [0, 0.05) is 25.5 Å². The lowest BCUT2D eigenvalue weighted by atomic mass is 9.90. The van der Waals surface area contributed by atoms with Crippen LogP contribution >= 0.6 is 0 Å². The van der Waals surface area contributed by atoms with Gasteiger partial charge in [0.1, 0.15) is 0 Å². The summed E-state index contributed by atoms with van der Waals surface area (Å²) >= 11 is 0. The van der Waals surface area contributed by atoms with E-state index in [0.29, 0.717) is 6.54 Å². The molecule has 17 heavy (non-hydrogen) atoms. The highest BCUT2D eigenvalue weighted by Gasteiger charge is 2.15. The number of hydrogen-bond donors (Lipinski definition) is 0. The molecule has 0 saturated carbocycles. The molecule has 0 spiro atoms. The Morgan fingerprint density at radius 3 is 2.41 bits per heavy atom. The molecule has 1 aromatic rings. The molecule has 0 unspecified atom stereocenters. The van der Waals surface area contributed by atoms with Crippen LogP contribution in [0.3, 0.4) is 0 Å². The van der Waals surface area contributed by atoms with E-state index in [1.807, 2.05) is 26.2 Å². The zero-order valence-corrected chi connectivity index (χ0v) is 10.9. The lowest BCUT2D eigenvalue weighted by Gasteiger charge is -2.14. The van der Waals surface area contributed by atoms with Crippen molar-refractivity contribution >= 4 is 0 Å². The van der Waals surface area contributed by atoms with Crippen LogP contribution in [0.2, 0.25) is 0 Å². The van der Waals surface area contributed by atoms with Gasteiger partial charge in [0.25, 0.3) is 0 Å². The highest BCUT2D eigenvalue weighted by molar-refractivity contribution is 4.91. The summed E-state index contributed by atoms with van der Waals surface area (Å²) in [6, 6.07) is 2.28. The van der Waals surface area contributed by atoms with Crippen molar-refractivity contribution in [2.75, 3.05) is 0 Å². The third kappa shape index (κ3) is 3.77. The van der Waals surface area contributed by atoms with Gasteiger partial charge in [-0.25, -0.2) is 4.79 Å². The zero-order valence-electron chi connectivity index (χ0n) is 10.9. The summed E-state index contributed by atoms with van der Waals surface area (Å²) in [4.78, 5) is 11.8. The molecule has 0 N–H and O–H groups in total. The summed E-state index contributed by atoms with van der Waals surface area (Å²) in [7, 11) is 0. The molecule has 94 valence electrons. The molecule has 4 heteroatoms. The first-order valence-corrected chi connectivity index (χ1v) is 6.17. The number of aromatic nitrogens is 2. The standard InChI is InChI=1S/C13H21N3O/c1-4-7-15-9-10-16(12(15)17)8-5-6-13(2,3)11-14/h9-10H,4-8H2,1-3H3. The predicted octanol–water partition coefficient (Wildman–Crippen LogP) is 2.39. The van der Waals surface area contributed by atoms with E-state index in [4.69, 9.17) is 5.26 Å². The molecule has 0 aliphatic heterocycles. The molecule has 1 aromatic heterocycles. The van der Waals surface area contributed by atoms with Crippen molar-refractivity contribution in [3.8, 4) is 6.07 Å². The average Bonchev–Trinajstić information content (AvgIpc) is 2.62. The summed E-state index contributed by atoms with van der Waals surface area (Å²) in [6.45, 7) is 7.38. The maximum absolute atomic E-state index is 11.8. The van der Waals surface area contributed by atoms with Gasteiger partial charge in [0.05, 0.1) is 11.5 Å². The van der Waals surface area contributed by atoms with Gasteiger partial charge in [-0.2, -0.15) is 5.26 Å². The zero-order chi connectivity index (χ0) is 12.9. The quantitative estimate of drug-likeness (QED) is 0.760. The van der Waals surface area contributed by atoms with E-state index in [2.05, 4.69) is 13.0 Å². The molecule has 0 aliphatic rings. The fourth-order valence-corrected chi connectivity index (χ4v) is 1.78. The number of hydrogen-bond acceptors (Lipinski definition) is 2. The average molecular weight is 235 g/mol. The summed E-state index contributed by atoms with van der Waals surface area (Å²) in [5.41, 5.74) is -0.239. The van der Waals surface area contributed by atoms with Crippen LogP contribution in [0.5, 0.6) is 0 Å². The number of aryl methyl sites for hydroxylation is 2. The fraction of sp³-hybridized carbons (Fsp3) is 0.692. The Hall–Kier alpha value is -1.50. The Bertz CT molecular complexity index is 448. The van der Waals surface area contributed by atoms with Crippen LogP contribution in [0.4, 0.5) is 0 Å². The van der Waals surface area contributed by atoms with Crippen molar-refractivity contribution in [2.24, 2.45) is 5.41 Å². The van der Waals surface area contributed by atoms with Crippen LogP contribution in [0, 0.1) is 16.7 Å². The molecule has 0 aromatic carbocycles. The Kier molecular flexibility index (Phi) is 4.56. The van der Waals surface area contributed by atoms with Crippen molar-refractivity contribution in [1.82, 2.24) is 9.13 Å². The third-order valence-corrected chi connectivity index (χ3v) is 2.89. The Balaban J connectivity index is 2.54. The van der Waals surface area contributed by atoms with Gasteiger partial charge in [-0.3, -0.25) is 9.13 Å². The van der Waals surface area contributed by atoms with Crippen LogP contribution < -0.4 is 5.69 Å². The lowest BCUT2D eigenvalue weighted by Crippen LogP contribution is -2.24. The minimum atomic E-state index is -0.296. The number of rotatable bonds is 6. The Labute approximate surface area is 102 Å². The highest BCUT2D eigenvalue weighted by atomic mass is 16.1. The van der Waals surface area contributed by atoms with Gasteiger partial charge in [0.15, 0.2) is 0 Å². The summed E-state index contributed by atoms with van der Waals surface area (Å²) < 4.78 is 3.46. The summed E-state index contributed by atoms with van der Waals surface area (Å²) in [5, 5.41) is 8.90. The third-order valence-electron chi connectivity index (χ3n) is 2.89. The van der Waals surface area contributed by atoms with E-state index in [0.717, 1.165) is 25.8 Å². The van der Waals surface area contributed by atoms with E-state index >= 15 is 0 Å². The monoisotopic (exact) mass is 235 g/mol. The van der Waals surface area contributed by atoms with Crippen LogP contribution in [0.1, 0.15) is 40.0 Å². The lowest BCUT2D eigenvalue weighted by molar-refractivity contribution is 0.412. The van der Waals surface area contributed by atoms with Gasteiger partial charge in [-0.1, -0.05) is 6.92 Å². The van der Waals surface area contributed by atoms with E-state index in [1.54, 1.807) is 9.13 Å². The molecule has 0 atom stereocenters. The van der Waals surface area contributed by atoms with E-state index < -0.39 is 0 Å². The largest absolute Gasteiger partial charge is 0.328 e. The first kappa shape index (κ1) is 13.6. The van der Waals surface area contributed by atoms with Gasteiger partial charge in [0.2, 0.25) is 0 Å². The second kappa shape index (κ2) is 5.72. The summed E-state index contributed by atoms with van der Waals surface area (Å²) in [6.07, 6.45) is 6.30. The number of nitriles is 1. The Morgan fingerprint density at radius 2 is 1.88 bits per heavy atom. The first-order chi connectivity index (χ1) is 8.00. The minimum absolute atomic E-state index is 0.0570. The molecule has 0 radical (unpaired) electrons. The van der Waals surface area contributed by atoms with E-state index in [-0.39, 0.29) is 11.1 Å². The van der Waals surface area contributed by atoms with Gasteiger partial charge >= 0.3 is 5.69 Å². The van der Waals surface area contributed by atoms with Crippen molar-refractivity contribution < 1.29 is 0 Å². The maximum Gasteiger partial charge on any atom is 0.328 e. The summed E-state index contributed by atoms with van der Waals surface area (Å²) in [5.74, 6) is 0. The minimum Gasteiger partial charge on any atom is -0.299 e. The van der Waals surface area contributed by atoms with Crippen LogP contribution in [-0.4, -0.2) is 9.13 Å². The Morgan fingerprint density at radius 1 is 1.29 bits per heavy atom. The van der Waals surface area contributed by atoms with Crippen molar-refractivity contribution in [1.29, 1.82) is 5.26 Å². The van der Waals surface area contributed by atoms with Crippen molar-refractivity contribution in [2.45, 2.75) is 53.1 Å². The van der Waals surface area contributed by atoms with Gasteiger partial charge < -0.3 is 0 Å². The second-order valence-electron chi connectivity index (χ2n) is 5.07. The molecule has 0 amide bonds. The molecule has 0 saturated heterocycles. The van der Waals surface area contributed by atoms with E-state index in [1.165, 1.54) is 0 Å². The van der Waals surface area contributed by atoms with Crippen LogP contribution in [0.25, 0.3) is 0 Å². The fourth-order valence-electron chi connectivity index (χ4n) is 1.78. The van der Waals surface area contributed by atoms with Crippen molar-refractivity contribution in [3.63, 3.8) is 0 Å². The molecule has 0 bridgehead atoms. The molecule has 1 rings (SSSR count). The second-order valence-corrected chi connectivity index (χ2v) is 5.07. The smallest absolute Gasteiger partial charge is 0.299 e. The highest BCUT2D eigenvalue weighted by Crippen LogP contribution is 2.20. The van der Waals surface area contributed by atoms with Gasteiger partial charge in [-0.15, -0.1) is 0 Å². The topological polar surface area (TPSA) is 50.7 Å². The van der Waals surface area contributed by atoms with E-state index in [9.17, 15) is 4.79 Å². The molecule has 0 fully saturated rings. The molecular weight excluding hydrogens is 214 g/mol. The van der Waals surface area contributed by atoms with Crippen LogP contribution in [0.15, 0.2) is 17.2 Å². The first-order valence-electron chi connectivity index (χ1n) is 6.17. The number of nitrogens with zero attached hydrogens (tertiary/aromatic N) is 3. The van der Waals surface area contributed by atoms with Crippen molar-refractivity contribution in [3.05, 3.63) is 22.9 Å². The van der Waals surface area contributed by atoms with Gasteiger partial charge in [-0.05, 0) is 33.1 Å². The normalized spacial score (nSPS) is 11.4. The maximum atomic E-state index is 11.8. The van der Waals surface area contributed by atoms with Crippen LogP contribution in [-0.2, 0) is 13.1 Å². The predicted molar refractivity (Wildman–Crippen MR) is 67.6 cm³/mol. The molecule has 4 nitrogen and oxygen atoms in total.